The molecule has 0 radical (unpaired) electrons. The molecule has 0 aliphatic rings. The van der Waals surface area contributed by atoms with Gasteiger partial charge in [-0.25, -0.2) is 4.98 Å². The lowest BCUT2D eigenvalue weighted by molar-refractivity contribution is -0.137. The summed E-state index contributed by atoms with van der Waals surface area (Å²) >= 11 is 2.97. The zero-order valence-corrected chi connectivity index (χ0v) is 11.0. The molecular formula is C11H12BrF3N2O. The highest BCUT2D eigenvalue weighted by Gasteiger charge is 2.36. The van der Waals surface area contributed by atoms with E-state index >= 15 is 0 Å². The summed E-state index contributed by atoms with van der Waals surface area (Å²) in [5, 5.41) is 8.88. The van der Waals surface area contributed by atoms with Gasteiger partial charge in [-0.3, -0.25) is 0 Å². The normalized spacial score (nSPS) is 11.4. The van der Waals surface area contributed by atoms with Crippen molar-refractivity contribution >= 4 is 21.7 Å². The molecule has 1 aromatic heterocycles. The van der Waals surface area contributed by atoms with Crippen LogP contribution in [-0.2, 0) is 6.18 Å². The molecule has 1 aromatic rings. The number of hydrogen-bond donors (Lipinski definition) is 1. The molecule has 0 aromatic carbocycles. The van der Waals surface area contributed by atoms with Crippen LogP contribution in [0.5, 0.6) is 0 Å². The summed E-state index contributed by atoms with van der Waals surface area (Å²) in [5.74, 6) is -0.209. The van der Waals surface area contributed by atoms with E-state index in [2.05, 4.69) is 27.5 Å². The molecule has 0 fully saturated rings. The Morgan fingerprint density at radius 2 is 2.17 bits per heavy atom. The van der Waals surface area contributed by atoms with Gasteiger partial charge in [-0.05, 0) is 22.0 Å². The van der Waals surface area contributed by atoms with Crippen LogP contribution in [0.2, 0.25) is 0 Å². The zero-order valence-electron chi connectivity index (χ0n) is 9.41. The van der Waals surface area contributed by atoms with E-state index in [1.54, 1.807) is 0 Å². The summed E-state index contributed by atoms with van der Waals surface area (Å²) < 4.78 is 38.9. The van der Waals surface area contributed by atoms with Crippen molar-refractivity contribution in [3.05, 3.63) is 35.0 Å². The fraction of sp³-hybridized carbons (Fsp3) is 0.364. The standard InChI is InChI=1S/C11H12BrF3N2O/c1-2-3-17(4-5-18)10-9(11(13,14)15)6-8(12)7-16-10/h2,6-7,18H,1,3-5H2. The van der Waals surface area contributed by atoms with Gasteiger partial charge in [0.2, 0.25) is 0 Å². The van der Waals surface area contributed by atoms with Gasteiger partial charge < -0.3 is 10.0 Å². The third-order valence-corrected chi connectivity index (χ3v) is 2.59. The van der Waals surface area contributed by atoms with Crippen LogP contribution in [-0.4, -0.2) is 29.8 Å². The van der Waals surface area contributed by atoms with Crippen LogP contribution in [0.25, 0.3) is 0 Å². The number of nitrogens with zero attached hydrogens (tertiary/aromatic N) is 2. The first-order valence-corrected chi connectivity index (χ1v) is 5.89. The lowest BCUT2D eigenvalue weighted by atomic mass is 10.2. The number of alkyl halides is 3. The maximum Gasteiger partial charge on any atom is 0.419 e. The minimum atomic E-state index is -4.50. The summed E-state index contributed by atoms with van der Waals surface area (Å²) in [6, 6.07) is 0.968. The molecule has 18 heavy (non-hydrogen) atoms. The van der Waals surface area contributed by atoms with E-state index in [0.717, 1.165) is 6.07 Å². The smallest absolute Gasteiger partial charge is 0.395 e. The van der Waals surface area contributed by atoms with Gasteiger partial charge in [0.05, 0.1) is 12.2 Å². The maximum atomic E-state index is 12.9. The lowest BCUT2D eigenvalue weighted by Gasteiger charge is -2.24. The van der Waals surface area contributed by atoms with E-state index in [0.29, 0.717) is 0 Å². The van der Waals surface area contributed by atoms with Crippen molar-refractivity contribution < 1.29 is 18.3 Å². The van der Waals surface area contributed by atoms with Crippen molar-refractivity contribution in [2.45, 2.75) is 6.18 Å². The third kappa shape index (κ3) is 3.71. The number of hydrogen-bond acceptors (Lipinski definition) is 3. The van der Waals surface area contributed by atoms with E-state index < -0.39 is 11.7 Å². The number of aromatic nitrogens is 1. The molecule has 0 unspecified atom stereocenters. The molecule has 100 valence electrons. The average molecular weight is 325 g/mol. The monoisotopic (exact) mass is 324 g/mol. The minimum Gasteiger partial charge on any atom is -0.395 e. The molecule has 0 spiro atoms. The Morgan fingerprint density at radius 3 is 2.67 bits per heavy atom. The number of pyridine rings is 1. The summed E-state index contributed by atoms with van der Waals surface area (Å²) in [4.78, 5) is 5.10. The second-order valence-corrected chi connectivity index (χ2v) is 4.40. The van der Waals surface area contributed by atoms with Crippen molar-refractivity contribution in [2.75, 3.05) is 24.6 Å². The van der Waals surface area contributed by atoms with E-state index in [9.17, 15) is 13.2 Å². The zero-order chi connectivity index (χ0) is 13.8. The van der Waals surface area contributed by atoms with Gasteiger partial charge in [0.25, 0.3) is 0 Å². The molecule has 1 rings (SSSR count). The van der Waals surface area contributed by atoms with Crippen LogP contribution in [0.1, 0.15) is 5.56 Å². The third-order valence-electron chi connectivity index (χ3n) is 2.16. The van der Waals surface area contributed by atoms with Crippen molar-refractivity contribution in [2.24, 2.45) is 0 Å². The van der Waals surface area contributed by atoms with Gasteiger partial charge in [-0.1, -0.05) is 6.08 Å². The lowest BCUT2D eigenvalue weighted by Crippen LogP contribution is -2.30. The van der Waals surface area contributed by atoms with E-state index in [1.165, 1.54) is 17.2 Å². The molecule has 0 aliphatic carbocycles. The molecular weight excluding hydrogens is 313 g/mol. The first-order valence-electron chi connectivity index (χ1n) is 5.09. The fourth-order valence-corrected chi connectivity index (χ4v) is 1.78. The first-order chi connectivity index (χ1) is 8.40. The summed E-state index contributed by atoms with van der Waals surface area (Å²) in [6.07, 6.45) is -1.75. The van der Waals surface area contributed by atoms with Crippen molar-refractivity contribution in [3.8, 4) is 0 Å². The van der Waals surface area contributed by atoms with Crippen LogP contribution in [0.15, 0.2) is 29.4 Å². The summed E-state index contributed by atoms with van der Waals surface area (Å²) in [6.45, 7) is 3.45. The fourth-order valence-electron chi connectivity index (χ4n) is 1.45. The average Bonchev–Trinajstić information content (AvgIpc) is 2.27. The predicted molar refractivity (Wildman–Crippen MR) is 66.4 cm³/mol. The van der Waals surface area contributed by atoms with Crippen molar-refractivity contribution in [3.63, 3.8) is 0 Å². The summed E-state index contributed by atoms with van der Waals surface area (Å²) in [5.41, 5.74) is -0.841. The Bertz CT molecular complexity index is 423. The highest BCUT2D eigenvalue weighted by Crippen LogP contribution is 2.36. The topological polar surface area (TPSA) is 36.4 Å². The molecule has 7 heteroatoms. The SMILES string of the molecule is C=CCN(CCO)c1ncc(Br)cc1C(F)(F)F. The van der Waals surface area contributed by atoms with Crippen LogP contribution in [0, 0.1) is 0 Å². The van der Waals surface area contributed by atoms with Crippen LogP contribution in [0.3, 0.4) is 0 Å². The first kappa shape index (κ1) is 15.0. The van der Waals surface area contributed by atoms with Crippen LogP contribution >= 0.6 is 15.9 Å². The molecule has 0 amide bonds. The van der Waals surface area contributed by atoms with Gasteiger partial charge in [-0.2, -0.15) is 13.2 Å². The number of anilines is 1. The van der Waals surface area contributed by atoms with Gasteiger partial charge in [0.15, 0.2) is 0 Å². The van der Waals surface area contributed by atoms with Gasteiger partial charge >= 0.3 is 6.18 Å². The molecule has 1 N–H and O–H groups in total. The van der Waals surface area contributed by atoms with E-state index in [1.807, 2.05) is 0 Å². The summed E-state index contributed by atoms with van der Waals surface area (Å²) in [7, 11) is 0. The number of aliphatic hydroxyl groups is 1. The molecule has 0 aliphatic heterocycles. The number of rotatable bonds is 5. The molecule has 0 saturated carbocycles. The second kappa shape index (κ2) is 6.19. The predicted octanol–water partition coefficient (Wildman–Crippen LogP) is 2.85. The Morgan fingerprint density at radius 1 is 1.50 bits per heavy atom. The molecule has 0 saturated heterocycles. The minimum absolute atomic E-state index is 0.0593. The van der Waals surface area contributed by atoms with E-state index in [-0.39, 0.29) is 30.0 Å². The van der Waals surface area contributed by atoms with Gasteiger partial charge in [0.1, 0.15) is 5.82 Å². The maximum absolute atomic E-state index is 12.9. The molecule has 3 nitrogen and oxygen atoms in total. The Labute approximate surface area is 111 Å². The van der Waals surface area contributed by atoms with Crippen molar-refractivity contribution in [1.82, 2.24) is 4.98 Å². The second-order valence-electron chi connectivity index (χ2n) is 3.48. The van der Waals surface area contributed by atoms with Gasteiger partial charge in [0, 0.05) is 23.8 Å². The number of halogens is 4. The largest absolute Gasteiger partial charge is 0.419 e. The Kier molecular flexibility index (Phi) is 5.15. The van der Waals surface area contributed by atoms with Crippen LogP contribution in [0.4, 0.5) is 19.0 Å². The van der Waals surface area contributed by atoms with Crippen LogP contribution < -0.4 is 4.90 Å². The Hall–Kier alpha value is -1.08. The van der Waals surface area contributed by atoms with Crippen molar-refractivity contribution in [1.29, 1.82) is 0 Å². The molecule has 0 bridgehead atoms. The molecule has 1 heterocycles. The molecule has 0 atom stereocenters. The van der Waals surface area contributed by atoms with Gasteiger partial charge in [-0.15, -0.1) is 6.58 Å². The highest BCUT2D eigenvalue weighted by molar-refractivity contribution is 9.10. The van der Waals surface area contributed by atoms with E-state index in [4.69, 9.17) is 5.11 Å². The highest BCUT2D eigenvalue weighted by atomic mass is 79.9. The quantitative estimate of drug-likeness (QED) is 0.846. The Balaban J connectivity index is 3.24. The number of aliphatic hydroxyl groups excluding tert-OH is 1.